The van der Waals surface area contributed by atoms with E-state index in [0.29, 0.717) is 17.7 Å². The summed E-state index contributed by atoms with van der Waals surface area (Å²) in [5.41, 5.74) is 17.1. The van der Waals surface area contributed by atoms with E-state index in [4.69, 9.17) is 11.5 Å². The van der Waals surface area contributed by atoms with Crippen molar-refractivity contribution in [2.75, 3.05) is 24.6 Å². The van der Waals surface area contributed by atoms with Crippen molar-refractivity contribution in [3.63, 3.8) is 0 Å². The number of benzene rings is 1. The summed E-state index contributed by atoms with van der Waals surface area (Å²) >= 11 is 0. The summed E-state index contributed by atoms with van der Waals surface area (Å²) < 4.78 is 0. The fourth-order valence-corrected chi connectivity index (χ4v) is 5.83. The number of fused-ring (bicyclic) bond motifs is 4. The minimum atomic E-state index is 0.278. The van der Waals surface area contributed by atoms with Crippen LogP contribution in [0.2, 0.25) is 0 Å². The van der Waals surface area contributed by atoms with Gasteiger partial charge in [-0.25, -0.2) is 4.98 Å². The van der Waals surface area contributed by atoms with E-state index in [1.807, 2.05) is 0 Å². The number of aromatic nitrogens is 2. The Balaban J connectivity index is 1.65. The van der Waals surface area contributed by atoms with Crippen LogP contribution in [0.25, 0.3) is 11.3 Å². The van der Waals surface area contributed by atoms with Gasteiger partial charge < -0.3 is 16.8 Å². The Morgan fingerprint density at radius 2 is 1.85 bits per heavy atom. The Morgan fingerprint density at radius 1 is 0.962 bits per heavy atom. The molecule has 5 heteroatoms. The van der Waals surface area contributed by atoms with Crippen LogP contribution in [0.15, 0.2) is 24.3 Å². The first kappa shape index (κ1) is 16.1. The van der Waals surface area contributed by atoms with Crippen molar-refractivity contribution in [1.82, 2.24) is 15.3 Å². The Bertz CT molecular complexity index is 833. The van der Waals surface area contributed by atoms with Crippen molar-refractivity contribution < 1.29 is 0 Å². The molecule has 2 fully saturated rings. The number of nitrogens with two attached hydrogens (primary N) is 2. The quantitative estimate of drug-likeness (QED) is 0.736. The lowest BCUT2D eigenvalue weighted by molar-refractivity contribution is 0.165. The Morgan fingerprint density at radius 3 is 2.77 bits per heavy atom. The van der Waals surface area contributed by atoms with Gasteiger partial charge in [-0.2, -0.15) is 4.98 Å². The summed E-state index contributed by atoms with van der Waals surface area (Å²) in [5, 5.41) is 3.63. The van der Waals surface area contributed by atoms with Crippen LogP contribution < -0.4 is 16.8 Å². The van der Waals surface area contributed by atoms with Crippen molar-refractivity contribution in [2.24, 2.45) is 17.8 Å². The second-order valence-corrected chi connectivity index (χ2v) is 8.21. The van der Waals surface area contributed by atoms with Gasteiger partial charge in [0.15, 0.2) is 0 Å². The van der Waals surface area contributed by atoms with Crippen molar-refractivity contribution in [1.29, 1.82) is 0 Å². The molecule has 1 saturated heterocycles. The number of nitrogens with zero attached hydrogens (tertiary/aromatic N) is 2. The third kappa shape index (κ3) is 2.49. The van der Waals surface area contributed by atoms with E-state index in [9.17, 15) is 0 Å². The minimum absolute atomic E-state index is 0.278. The molecule has 0 bridgehead atoms. The fourth-order valence-electron chi connectivity index (χ4n) is 5.83. The summed E-state index contributed by atoms with van der Waals surface area (Å²) in [6.07, 6.45) is 6.16. The summed E-state index contributed by atoms with van der Waals surface area (Å²) in [6.45, 7) is 2.32. The van der Waals surface area contributed by atoms with E-state index in [0.717, 1.165) is 42.5 Å². The van der Waals surface area contributed by atoms with Crippen molar-refractivity contribution in [3.05, 3.63) is 35.4 Å². The summed E-state index contributed by atoms with van der Waals surface area (Å²) in [6, 6.07) is 8.57. The number of rotatable bonds is 1. The molecule has 0 radical (unpaired) electrons. The molecular weight excluding hydrogens is 322 g/mol. The number of anilines is 2. The Labute approximate surface area is 154 Å². The molecule has 5 rings (SSSR count). The highest BCUT2D eigenvalue weighted by molar-refractivity contribution is 5.73. The van der Waals surface area contributed by atoms with Gasteiger partial charge in [0, 0.05) is 11.1 Å². The molecule has 2 heterocycles. The van der Waals surface area contributed by atoms with Crippen LogP contribution in [-0.4, -0.2) is 23.1 Å². The average Bonchev–Trinajstić information content (AvgIpc) is 3.06. The second kappa shape index (κ2) is 6.23. The van der Waals surface area contributed by atoms with Gasteiger partial charge in [0.25, 0.3) is 0 Å². The molecule has 26 heavy (non-hydrogen) atoms. The van der Waals surface area contributed by atoms with Crippen LogP contribution in [0.5, 0.6) is 0 Å². The van der Waals surface area contributed by atoms with E-state index in [-0.39, 0.29) is 5.95 Å². The van der Waals surface area contributed by atoms with E-state index < -0.39 is 0 Å². The van der Waals surface area contributed by atoms with E-state index in [1.54, 1.807) is 0 Å². The number of hydrogen-bond donors (Lipinski definition) is 3. The number of nitrogens with one attached hydrogen (secondary N) is 1. The standard InChI is InChI=1S/C21H27N5/c22-20-18-16(15-7-3-5-13-10-24-11-17(13)15)9-8-12-4-1-2-6-14(12)19(18)25-21(23)26-20/h1-2,4,6,13,15-17,24H,3,5,7-11H2,(H4,22,23,25,26). The average molecular weight is 349 g/mol. The Hall–Kier alpha value is -2.14. The molecule has 0 amide bonds. The molecule has 1 aromatic carbocycles. The van der Waals surface area contributed by atoms with E-state index in [1.165, 1.54) is 36.9 Å². The van der Waals surface area contributed by atoms with Crippen LogP contribution in [0.4, 0.5) is 11.8 Å². The lowest BCUT2D eigenvalue weighted by Crippen LogP contribution is -2.32. The maximum Gasteiger partial charge on any atom is 0.222 e. The maximum absolute atomic E-state index is 6.46. The molecule has 1 saturated carbocycles. The zero-order chi connectivity index (χ0) is 17.7. The molecule has 1 aliphatic heterocycles. The highest BCUT2D eigenvalue weighted by Crippen LogP contribution is 2.50. The normalized spacial score (nSPS) is 30.2. The zero-order valence-corrected chi connectivity index (χ0v) is 15.1. The Kier molecular flexibility index (Phi) is 3.85. The molecule has 3 aliphatic rings. The second-order valence-electron chi connectivity index (χ2n) is 8.21. The molecule has 0 spiro atoms. The molecule has 4 atom stereocenters. The molecule has 136 valence electrons. The zero-order valence-electron chi connectivity index (χ0n) is 15.1. The van der Waals surface area contributed by atoms with Crippen molar-refractivity contribution >= 4 is 11.8 Å². The number of hydrogen-bond acceptors (Lipinski definition) is 5. The van der Waals surface area contributed by atoms with Gasteiger partial charge in [-0.3, -0.25) is 0 Å². The first-order chi connectivity index (χ1) is 12.7. The van der Waals surface area contributed by atoms with Gasteiger partial charge in [-0.05, 0) is 68.0 Å². The lowest BCUT2D eigenvalue weighted by Gasteiger charge is -2.39. The predicted molar refractivity (Wildman–Crippen MR) is 105 cm³/mol. The lowest BCUT2D eigenvalue weighted by atomic mass is 9.66. The number of aryl methyl sites for hydroxylation is 1. The largest absolute Gasteiger partial charge is 0.383 e. The molecule has 4 unspecified atom stereocenters. The van der Waals surface area contributed by atoms with Gasteiger partial charge in [0.2, 0.25) is 5.95 Å². The van der Waals surface area contributed by atoms with Crippen LogP contribution in [0.1, 0.15) is 42.7 Å². The van der Waals surface area contributed by atoms with Gasteiger partial charge in [0.05, 0.1) is 5.69 Å². The summed E-state index contributed by atoms with van der Waals surface area (Å²) in [5.74, 6) is 3.51. The summed E-state index contributed by atoms with van der Waals surface area (Å²) in [7, 11) is 0. The van der Waals surface area contributed by atoms with E-state index in [2.05, 4.69) is 39.6 Å². The highest BCUT2D eigenvalue weighted by atomic mass is 15.0. The van der Waals surface area contributed by atoms with Crippen LogP contribution in [-0.2, 0) is 6.42 Å². The highest BCUT2D eigenvalue weighted by Gasteiger charge is 2.42. The third-order valence-corrected chi connectivity index (χ3v) is 6.93. The van der Waals surface area contributed by atoms with Gasteiger partial charge in [-0.1, -0.05) is 30.7 Å². The van der Waals surface area contributed by atoms with Gasteiger partial charge >= 0.3 is 0 Å². The van der Waals surface area contributed by atoms with E-state index >= 15 is 0 Å². The molecule has 2 aromatic rings. The van der Waals surface area contributed by atoms with Gasteiger partial charge in [0.1, 0.15) is 5.82 Å². The molecule has 5 nitrogen and oxygen atoms in total. The SMILES string of the molecule is Nc1nc(N)c2c(n1)-c1ccccc1CCC2C1CCCC2CNCC21. The van der Waals surface area contributed by atoms with Gasteiger partial charge in [-0.15, -0.1) is 0 Å². The van der Waals surface area contributed by atoms with Crippen molar-refractivity contribution in [3.8, 4) is 11.3 Å². The van der Waals surface area contributed by atoms with Crippen LogP contribution in [0, 0.1) is 17.8 Å². The van der Waals surface area contributed by atoms with Crippen LogP contribution in [0.3, 0.4) is 0 Å². The summed E-state index contributed by atoms with van der Waals surface area (Å²) in [4.78, 5) is 9.04. The predicted octanol–water partition coefficient (Wildman–Crippen LogP) is 2.97. The minimum Gasteiger partial charge on any atom is -0.383 e. The van der Waals surface area contributed by atoms with Crippen LogP contribution >= 0.6 is 0 Å². The molecular formula is C21H27N5. The molecule has 5 N–H and O–H groups in total. The first-order valence-corrected chi connectivity index (χ1v) is 9.94. The smallest absolute Gasteiger partial charge is 0.222 e. The third-order valence-electron chi connectivity index (χ3n) is 6.93. The fraction of sp³-hybridized carbons (Fsp3) is 0.524. The number of nitrogen functional groups attached to an aromatic ring is 2. The first-order valence-electron chi connectivity index (χ1n) is 9.94. The molecule has 1 aromatic heterocycles. The monoisotopic (exact) mass is 349 g/mol. The topological polar surface area (TPSA) is 89.8 Å². The van der Waals surface area contributed by atoms with Crippen molar-refractivity contribution in [2.45, 2.75) is 38.0 Å². The maximum atomic E-state index is 6.46. The molecule has 2 aliphatic carbocycles.